The SMILES string of the molecule is CC[C@@H](C(=O)NC1CCCCC1)N(Cc1cccc(OC)c1)C(=O)CN(c1cccc2ccccc12)S(C)(=O)=O. The molecule has 0 saturated heterocycles. The number of benzene rings is 3. The maximum absolute atomic E-state index is 14.1. The summed E-state index contributed by atoms with van der Waals surface area (Å²) in [6, 6.07) is 19.5. The first-order valence-corrected chi connectivity index (χ1v) is 15.7. The van der Waals surface area contributed by atoms with Crippen molar-refractivity contribution in [2.45, 2.75) is 64.1 Å². The predicted molar refractivity (Wildman–Crippen MR) is 159 cm³/mol. The standard InChI is InChI=1S/C31H39N3O5S/c1-4-28(31(36)32-25-15-6-5-7-16-25)33(21-23-12-10-17-26(20-23)39-2)30(35)22-34(40(3,37)38)29-19-11-14-24-13-8-9-18-27(24)29/h8-14,17-20,25,28H,4-7,15-16,21-22H2,1-3H3,(H,32,36)/t28-/m0/s1. The number of rotatable bonds is 11. The van der Waals surface area contributed by atoms with Crippen molar-refractivity contribution in [1.29, 1.82) is 0 Å². The second-order valence-corrected chi connectivity index (χ2v) is 12.3. The van der Waals surface area contributed by atoms with Crippen LogP contribution in [0, 0.1) is 0 Å². The third-order valence-electron chi connectivity index (χ3n) is 7.54. The molecule has 0 aliphatic heterocycles. The summed E-state index contributed by atoms with van der Waals surface area (Å²) in [5.41, 5.74) is 1.21. The van der Waals surface area contributed by atoms with Gasteiger partial charge in [-0.25, -0.2) is 8.42 Å². The number of sulfonamides is 1. The molecular weight excluding hydrogens is 526 g/mol. The molecule has 1 aliphatic rings. The van der Waals surface area contributed by atoms with Crippen LogP contribution in [0.2, 0.25) is 0 Å². The molecule has 3 aromatic rings. The third-order valence-corrected chi connectivity index (χ3v) is 8.67. The fraction of sp³-hybridized carbons (Fsp3) is 0.419. The maximum Gasteiger partial charge on any atom is 0.244 e. The van der Waals surface area contributed by atoms with Gasteiger partial charge in [0.2, 0.25) is 21.8 Å². The fourth-order valence-electron chi connectivity index (χ4n) is 5.45. The first kappa shape index (κ1) is 29.4. The number of hydrogen-bond donors (Lipinski definition) is 1. The highest BCUT2D eigenvalue weighted by molar-refractivity contribution is 7.92. The minimum Gasteiger partial charge on any atom is -0.497 e. The number of carbonyl (C=O) groups excluding carboxylic acids is 2. The van der Waals surface area contributed by atoms with Gasteiger partial charge in [0, 0.05) is 18.0 Å². The lowest BCUT2D eigenvalue weighted by atomic mass is 9.95. The van der Waals surface area contributed by atoms with Gasteiger partial charge in [-0.1, -0.05) is 74.7 Å². The molecule has 0 aromatic heterocycles. The number of fused-ring (bicyclic) bond motifs is 1. The first-order valence-electron chi connectivity index (χ1n) is 13.9. The predicted octanol–water partition coefficient (Wildman–Crippen LogP) is 4.87. The summed E-state index contributed by atoms with van der Waals surface area (Å²) in [5, 5.41) is 4.76. The van der Waals surface area contributed by atoms with Crippen LogP contribution in [-0.2, 0) is 26.2 Å². The molecular formula is C31H39N3O5S. The van der Waals surface area contributed by atoms with Crippen LogP contribution < -0.4 is 14.4 Å². The van der Waals surface area contributed by atoms with Gasteiger partial charge in [-0.3, -0.25) is 13.9 Å². The summed E-state index contributed by atoms with van der Waals surface area (Å²) in [7, 11) is -2.26. The first-order chi connectivity index (χ1) is 19.2. The second-order valence-electron chi connectivity index (χ2n) is 10.4. The second kappa shape index (κ2) is 13.2. The Labute approximate surface area is 237 Å². The average Bonchev–Trinajstić information content (AvgIpc) is 2.95. The van der Waals surface area contributed by atoms with Gasteiger partial charge in [-0.2, -0.15) is 0 Å². The van der Waals surface area contributed by atoms with Crippen LogP contribution in [0.4, 0.5) is 5.69 Å². The van der Waals surface area contributed by atoms with Crippen LogP contribution in [0.5, 0.6) is 5.75 Å². The van der Waals surface area contributed by atoms with E-state index < -0.39 is 28.5 Å². The summed E-state index contributed by atoms with van der Waals surface area (Å²) < 4.78 is 32.7. The Morgan fingerprint density at radius 1 is 1.00 bits per heavy atom. The zero-order valence-electron chi connectivity index (χ0n) is 23.5. The fourth-order valence-corrected chi connectivity index (χ4v) is 6.31. The molecule has 2 amide bonds. The van der Waals surface area contributed by atoms with E-state index in [1.165, 1.54) is 11.3 Å². The van der Waals surface area contributed by atoms with E-state index in [4.69, 9.17) is 4.74 Å². The minimum atomic E-state index is -3.83. The largest absolute Gasteiger partial charge is 0.497 e. The Balaban J connectivity index is 1.68. The highest BCUT2D eigenvalue weighted by atomic mass is 32.2. The molecule has 0 spiro atoms. The van der Waals surface area contributed by atoms with Crippen LogP contribution in [-0.4, -0.2) is 57.1 Å². The van der Waals surface area contributed by atoms with Gasteiger partial charge in [-0.15, -0.1) is 0 Å². The molecule has 1 atom stereocenters. The van der Waals surface area contributed by atoms with Crippen LogP contribution in [0.3, 0.4) is 0 Å². The zero-order chi connectivity index (χ0) is 28.7. The summed E-state index contributed by atoms with van der Waals surface area (Å²) in [6.45, 7) is 1.58. The third kappa shape index (κ3) is 7.13. The summed E-state index contributed by atoms with van der Waals surface area (Å²) in [5.74, 6) is -0.0216. The number of amides is 2. The van der Waals surface area contributed by atoms with E-state index in [1.807, 2.05) is 61.5 Å². The van der Waals surface area contributed by atoms with E-state index in [0.29, 0.717) is 17.9 Å². The van der Waals surface area contributed by atoms with Crippen molar-refractivity contribution >= 4 is 38.3 Å². The van der Waals surface area contributed by atoms with Crippen LogP contribution in [0.15, 0.2) is 66.7 Å². The van der Waals surface area contributed by atoms with E-state index in [-0.39, 0.29) is 18.5 Å². The zero-order valence-corrected chi connectivity index (χ0v) is 24.3. The number of carbonyl (C=O) groups is 2. The van der Waals surface area contributed by atoms with E-state index >= 15 is 0 Å². The van der Waals surface area contributed by atoms with E-state index in [0.717, 1.165) is 52.6 Å². The van der Waals surface area contributed by atoms with Gasteiger partial charge < -0.3 is 15.0 Å². The maximum atomic E-state index is 14.1. The monoisotopic (exact) mass is 565 g/mol. The van der Waals surface area contributed by atoms with Crippen molar-refractivity contribution in [3.8, 4) is 5.75 Å². The number of methoxy groups -OCH3 is 1. The molecule has 9 heteroatoms. The number of anilines is 1. The number of nitrogens with zero attached hydrogens (tertiary/aromatic N) is 2. The van der Waals surface area contributed by atoms with Crippen molar-refractivity contribution < 1.29 is 22.7 Å². The van der Waals surface area contributed by atoms with Crippen LogP contribution in [0.25, 0.3) is 10.8 Å². The molecule has 1 aliphatic carbocycles. The Bertz CT molecular complexity index is 1430. The molecule has 8 nitrogen and oxygen atoms in total. The molecule has 0 unspecified atom stereocenters. The molecule has 0 radical (unpaired) electrons. The Morgan fingerprint density at radius 3 is 2.40 bits per heavy atom. The van der Waals surface area contributed by atoms with Gasteiger partial charge in [0.15, 0.2) is 0 Å². The normalized spacial score (nSPS) is 14.9. The number of hydrogen-bond acceptors (Lipinski definition) is 5. The molecule has 0 bridgehead atoms. The van der Waals surface area contributed by atoms with Crippen LogP contribution >= 0.6 is 0 Å². The molecule has 4 rings (SSSR count). The summed E-state index contributed by atoms with van der Waals surface area (Å²) in [6.07, 6.45) is 6.65. The van der Waals surface area contributed by atoms with E-state index in [9.17, 15) is 18.0 Å². The van der Waals surface area contributed by atoms with Gasteiger partial charge in [-0.05, 0) is 48.4 Å². The average molecular weight is 566 g/mol. The van der Waals surface area contributed by atoms with Gasteiger partial charge in [0.1, 0.15) is 18.3 Å². The van der Waals surface area contributed by atoms with Gasteiger partial charge in [0.25, 0.3) is 0 Å². The van der Waals surface area contributed by atoms with E-state index in [2.05, 4.69) is 5.32 Å². The Morgan fingerprint density at radius 2 is 1.70 bits per heavy atom. The lowest BCUT2D eigenvalue weighted by Crippen LogP contribution is -2.54. The molecule has 0 heterocycles. The van der Waals surface area contributed by atoms with Crippen molar-refractivity contribution in [2.24, 2.45) is 0 Å². The summed E-state index contributed by atoms with van der Waals surface area (Å²) >= 11 is 0. The highest BCUT2D eigenvalue weighted by Gasteiger charge is 2.33. The Kier molecular flexibility index (Phi) is 9.68. The molecule has 1 N–H and O–H groups in total. The molecule has 1 saturated carbocycles. The lowest BCUT2D eigenvalue weighted by Gasteiger charge is -2.34. The lowest BCUT2D eigenvalue weighted by molar-refractivity contribution is -0.140. The number of nitrogens with one attached hydrogen (secondary N) is 1. The molecule has 214 valence electrons. The van der Waals surface area contributed by atoms with Crippen molar-refractivity contribution in [1.82, 2.24) is 10.2 Å². The Hall–Kier alpha value is -3.59. The van der Waals surface area contributed by atoms with Crippen molar-refractivity contribution in [2.75, 3.05) is 24.2 Å². The van der Waals surface area contributed by atoms with Gasteiger partial charge >= 0.3 is 0 Å². The minimum absolute atomic E-state index is 0.0901. The van der Waals surface area contributed by atoms with E-state index in [1.54, 1.807) is 19.2 Å². The highest BCUT2D eigenvalue weighted by Crippen LogP contribution is 2.29. The van der Waals surface area contributed by atoms with Gasteiger partial charge in [0.05, 0.1) is 19.1 Å². The molecule has 1 fully saturated rings. The summed E-state index contributed by atoms with van der Waals surface area (Å²) in [4.78, 5) is 29.2. The van der Waals surface area contributed by atoms with Crippen molar-refractivity contribution in [3.05, 3.63) is 72.3 Å². The van der Waals surface area contributed by atoms with Crippen LogP contribution in [0.1, 0.15) is 51.0 Å². The molecule has 3 aromatic carbocycles. The number of ether oxygens (including phenoxy) is 1. The molecule has 40 heavy (non-hydrogen) atoms. The topological polar surface area (TPSA) is 96.0 Å². The quantitative estimate of drug-likeness (QED) is 0.358. The van der Waals surface area contributed by atoms with Crippen molar-refractivity contribution in [3.63, 3.8) is 0 Å². The smallest absolute Gasteiger partial charge is 0.244 e.